The van der Waals surface area contributed by atoms with Crippen LogP contribution in [-0.2, 0) is 17.9 Å². The highest BCUT2D eigenvalue weighted by atomic mass is 32.1. The summed E-state index contributed by atoms with van der Waals surface area (Å²) in [5.74, 6) is -1.24. The van der Waals surface area contributed by atoms with Gasteiger partial charge in [0.25, 0.3) is 5.91 Å². The molecule has 0 atom stereocenters. The van der Waals surface area contributed by atoms with Gasteiger partial charge in [-0.3, -0.25) is 9.59 Å². The van der Waals surface area contributed by atoms with Crippen LogP contribution in [0.1, 0.15) is 20.2 Å². The molecule has 2 heterocycles. The molecule has 0 radical (unpaired) electrons. The van der Waals surface area contributed by atoms with Crippen molar-refractivity contribution in [1.82, 2.24) is 9.88 Å². The molecule has 0 saturated carbocycles. The first-order valence-corrected chi connectivity index (χ1v) is 6.58. The smallest absolute Gasteiger partial charge is 0.323 e. The summed E-state index contributed by atoms with van der Waals surface area (Å²) in [6.07, 6.45) is 1.58. The quantitative estimate of drug-likeness (QED) is 0.877. The average Bonchev–Trinajstić information content (AvgIpc) is 2.94. The van der Waals surface area contributed by atoms with Gasteiger partial charge in [-0.25, -0.2) is 0 Å². The second kappa shape index (κ2) is 5.71. The van der Waals surface area contributed by atoms with Crippen LogP contribution in [0.4, 0.5) is 0 Å². The first-order chi connectivity index (χ1) is 9.06. The molecule has 0 aliphatic rings. The third-order valence-electron chi connectivity index (χ3n) is 2.59. The summed E-state index contributed by atoms with van der Waals surface area (Å²) < 4.78 is 1.41. The molecule has 0 fully saturated rings. The molecule has 0 aliphatic carbocycles. The molecular formula is C13H14N2O3S. The number of nitrogens with zero attached hydrogens (tertiary/aromatic N) is 1. The maximum Gasteiger partial charge on any atom is 0.323 e. The first-order valence-electron chi connectivity index (χ1n) is 5.76. The van der Waals surface area contributed by atoms with Crippen LogP contribution in [0, 0.1) is 6.92 Å². The van der Waals surface area contributed by atoms with E-state index in [1.165, 1.54) is 9.44 Å². The van der Waals surface area contributed by atoms with Crippen molar-refractivity contribution in [1.29, 1.82) is 0 Å². The van der Waals surface area contributed by atoms with E-state index in [4.69, 9.17) is 5.11 Å². The van der Waals surface area contributed by atoms with Gasteiger partial charge in [0.2, 0.25) is 0 Å². The molecule has 5 nitrogen and oxygen atoms in total. The lowest BCUT2D eigenvalue weighted by atomic mass is 10.3. The lowest BCUT2D eigenvalue weighted by molar-refractivity contribution is -0.137. The van der Waals surface area contributed by atoms with E-state index in [2.05, 4.69) is 5.32 Å². The van der Waals surface area contributed by atoms with Gasteiger partial charge in [-0.15, -0.1) is 11.3 Å². The largest absolute Gasteiger partial charge is 0.480 e. The zero-order chi connectivity index (χ0) is 13.8. The highest BCUT2D eigenvalue weighted by Crippen LogP contribution is 2.14. The van der Waals surface area contributed by atoms with Gasteiger partial charge in [-0.05, 0) is 31.2 Å². The van der Waals surface area contributed by atoms with Crippen LogP contribution in [-0.4, -0.2) is 21.6 Å². The molecule has 1 amide bonds. The monoisotopic (exact) mass is 278 g/mol. The van der Waals surface area contributed by atoms with Crippen molar-refractivity contribution in [3.05, 3.63) is 45.9 Å². The number of thiophene rings is 1. The van der Waals surface area contributed by atoms with Crippen LogP contribution in [0.5, 0.6) is 0 Å². The topological polar surface area (TPSA) is 71.3 Å². The Morgan fingerprint density at radius 3 is 2.79 bits per heavy atom. The zero-order valence-corrected chi connectivity index (χ0v) is 11.2. The van der Waals surface area contributed by atoms with Crippen LogP contribution in [0.2, 0.25) is 0 Å². The summed E-state index contributed by atoms with van der Waals surface area (Å²) in [7, 11) is 0. The second-order valence-corrected chi connectivity index (χ2v) is 5.48. The predicted octanol–water partition coefficient (Wildman–Crippen LogP) is 1.87. The van der Waals surface area contributed by atoms with Crippen LogP contribution >= 0.6 is 11.3 Å². The van der Waals surface area contributed by atoms with Crippen molar-refractivity contribution in [2.45, 2.75) is 20.0 Å². The van der Waals surface area contributed by atoms with E-state index < -0.39 is 5.97 Å². The highest BCUT2D eigenvalue weighted by Gasteiger charge is 2.12. The summed E-state index contributed by atoms with van der Waals surface area (Å²) >= 11 is 1.63. The molecule has 0 spiro atoms. The Morgan fingerprint density at radius 2 is 2.16 bits per heavy atom. The lowest BCUT2D eigenvalue weighted by Gasteiger charge is -2.07. The van der Waals surface area contributed by atoms with Gasteiger partial charge in [0, 0.05) is 16.0 Å². The molecular weight excluding hydrogens is 264 g/mol. The van der Waals surface area contributed by atoms with E-state index in [9.17, 15) is 9.59 Å². The number of nitrogens with one attached hydrogen (secondary N) is 1. The summed E-state index contributed by atoms with van der Waals surface area (Å²) in [5, 5.41) is 11.5. The fraction of sp³-hybridized carbons (Fsp3) is 0.231. The number of carboxylic acids is 1. The summed E-state index contributed by atoms with van der Waals surface area (Å²) in [6, 6.07) is 7.24. The predicted molar refractivity (Wildman–Crippen MR) is 72.3 cm³/mol. The van der Waals surface area contributed by atoms with Gasteiger partial charge < -0.3 is 15.0 Å². The highest BCUT2D eigenvalue weighted by molar-refractivity contribution is 7.11. The van der Waals surface area contributed by atoms with E-state index in [1.54, 1.807) is 29.7 Å². The second-order valence-electron chi connectivity index (χ2n) is 4.11. The summed E-state index contributed by atoms with van der Waals surface area (Å²) in [6.45, 7) is 2.25. The molecule has 0 saturated heterocycles. The van der Waals surface area contributed by atoms with Gasteiger partial charge in [0.15, 0.2) is 0 Å². The molecule has 2 aromatic rings. The molecule has 6 heteroatoms. The third kappa shape index (κ3) is 3.45. The number of aromatic nitrogens is 1. The van der Waals surface area contributed by atoms with Crippen LogP contribution in [0.15, 0.2) is 30.5 Å². The van der Waals surface area contributed by atoms with Gasteiger partial charge >= 0.3 is 5.97 Å². The maximum absolute atomic E-state index is 12.0. The number of hydrogen-bond acceptors (Lipinski definition) is 3. The Bertz CT molecular complexity index is 601. The van der Waals surface area contributed by atoms with Crippen molar-refractivity contribution in [2.75, 3.05) is 0 Å². The molecule has 2 N–H and O–H groups in total. The number of rotatable bonds is 5. The van der Waals surface area contributed by atoms with Gasteiger partial charge in [0.1, 0.15) is 12.2 Å². The Hall–Kier alpha value is -2.08. The van der Waals surface area contributed by atoms with Crippen molar-refractivity contribution in [3.63, 3.8) is 0 Å². The lowest BCUT2D eigenvalue weighted by Crippen LogP contribution is -2.26. The number of aryl methyl sites for hydroxylation is 1. The SMILES string of the molecule is Cc1ccc(CNC(=O)c2cccn2CC(=O)O)s1. The molecule has 0 bridgehead atoms. The summed E-state index contributed by atoms with van der Waals surface area (Å²) in [5.41, 5.74) is 0.357. The first kappa shape index (κ1) is 13.4. The van der Waals surface area contributed by atoms with Gasteiger partial charge in [-0.1, -0.05) is 0 Å². The average molecular weight is 278 g/mol. The van der Waals surface area contributed by atoms with E-state index in [-0.39, 0.29) is 12.5 Å². The molecule has 0 unspecified atom stereocenters. The standard InChI is InChI=1S/C13H14N2O3S/c1-9-4-5-10(19-9)7-14-13(18)11-3-2-6-15(11)8-12(16)17/h2-6H,7-8H2,1H3,(H,14,18)(H,16,17). The number of amides is 1. The Morgan fingerprint density at radius 1 is 1.37 bits per heavy atom. The number of hydrogen-bond donors (Lipinski definition) is 2. The molecule has 2 rings (SSSR count). The van der Waals surface area contributed by atoms with Gasteiger partial charge in [0.05, 0.1) is 6.54 Å². The Balaban J connectivity index is 2.00. The maximum atomic E-state index is 12.0. The van der Waals surface area contributed by atoms with Crippen molar-refractivity contribution in [3.8, 4) is 0 Å². The van der Waals surface area contributed by atoms with Crippen LogP contribution < -0.4 is 5.32 Å². The minimum absolute atomic E-state index is 0.214. The van der Waals surface area contributed by atoms with E-state index in [0.29, 0.717) is 12.2 Å². The minimum Gasteiger partial charge on any atom is -0.480 e. The molecule has 100 valence electrons. The van der Waals surface area contributed by atoms with E-state index >= 15 is 0 Å². The fourth-order valence-corrected chi connectivity index (χ4v) is 2.57. The minimum atomic E-state index is -0.973. The molecule has 2 aromatic heterocycles. The Kier molecular flexibility index (Phi) is 4.01. The normalized spacial score (nSPS) is 10.4. The van der Waals surface area contributed by atoms with Crippen LogP contribution in [0.3, 0.4) is 0 Å². The van der Waals surface area contributed by atoms with E-state index in [0.717, 1.165) is 4.88 Å². The number of aliphatic carboxylic acids is 1. The third-order valence-corrected chi connectivity index (χ3v) is 3.59. The summed E-state index contributed by atoms with van der Waals surface area (Å²) in [4.78, 5) is 24.9. The molecule has 0 aliphatic heterocycles. The number of carbonyl (C=O) groups is 2. The van der Waals surface area contributed by atoms with Crippen molar-refractivity contribution in [2.24, 2.45) is 0 Å². The molecule has 0 aromatic carbocycles. The zero-order valence-electron chi connectivity index (χ0n) is 10.4. The van der Waals surface area contributed by atoms with Gasteiger partial charge in [-0.2, -0.15) is 0 Å². The number of carbonyl (C=O) groups excluding carboxylic acids is 1. The van der Waals surface area contributed by atoms with Crippen molar-refractivity contribution >= 4 is 23.2 Å². The number of carboxylic acid groups (broad SMARTS) is 1. The van der Waals surface area contributed by atoms with E-state index in [1.807, 2.05) is 19.1 Å². The Labute approximate surface area is 114 Å². The van der Waals surface area contributed by atoms with Crippen molar-refractivity contribution < 1.29 is 14.7 Å². The fourth-order valence-electron chi connectivity index (χ4n) is 1.74. The van der Waals surface area contributed by atoms with Crippen LogP contribution in [0.25, 0.3) is 0 Å². The molecule has 19 heavy (non-hydrogen) atoms.